The standard InChI is InChI=1S/C14H23ClN4O/c1-9-11(15)16-13(14(2,3)4)17-12(9)19(7)8-10(20)18(5)6/h8H2,1-7H3. The van der Waals surface area contributed by atoms with Gasteiger partial charge >= 0.3 is 0 Å². The van der Waals surface area contributed by atoms with Crippen LogP contribution in [0.3, 0.4) is 0 Å². The monoisotopic (exact) mass is 298 g/mol. The van der Waals surface area contributed by atoms with Gasteiger partial charge in [0, 0.05) is 32.1 Å². The molecule has 1 amide bonds. The molecule has 0 saturated carbocycles. The fraction of sp³-hybridized carbons (Fsp3) is 0.643. The molecule has 0 aliphatic rings. The van der Waals surface area contributed by atoms with E-state index in [9.17, 15) is 4.79 Å². The quantitative estimate of drug-likeness (QED) is 0.803. The number of anilines is 1. The van der Waals surface area contributed by atoms with Crippen LogP contribution in [0.5, 0.6) is 0 Å². The van der Waals surface area contributed by atoms with Crippen molar-refractivity contribution >= 4 is 23.3 Å². The average Bonchev–Trinajstić information content (AvgIpc) is 2.30. The molecular weight excluding hydrogens is 276 g/mol. The van der Waals surface area contributed by atoms with Crippen molar-refractivity contribution in [1.82, 2.24) is 14.9 Å². The molecule has 0 spiro atoms. The average molecular weight is 299 g/mol. The molecule has 0 unspecified atom stereocenters. The lowest BCUT2D eigenvalue weighted by molar-refractivity contribution is -0.127. The van der Waals surface area contributed by atoms with Crippen molar-refractivity contribution < 1.29 is 4.79 Å². The van der Waals surface area contributed by atoms with E-state index in [1.807, 2.05) is 34.7 Å². The Hall–Kier alpha value is -1.36. The number of halogens is 1. The van der Waals surface area contributed by atoms with Gasteiger partial charge in [0.05, 0.1) is 6.54 Å². The van der Waals surface area contributed by atoms with E-state index in [0.29, 0.717) is 16.8 Å². The summed E-state index contributed by atoms with van der Waals surface area (Å²) in [4.78, 5) is 24.1. The van der Waals surface area contributed by atoms with Crippen molar-refractivity contribution in [3.8, 4) is 0 Å². The fourth-order valence-corrected chi connectivity index (χ4v) is 1.77. The topological polar surface area (TPSA) is 49.3 Å². The molecule has 0 atom stereocenters. The zero-order valence-corrected chi connectivity index (χ0v) is 14.0. The second-order valence-electron chi connectivity index (χ2n) is 6.18. The summed E-state index contributed by atoms with van der Waals surface area (Å²) in [6, 6.07) is 0. The summed E-state index contributed by atoms with van der Waals surface area (Å²) in [5, 5.41) is 0.434. The van der Waals surface area contributed by atoms with Gasteiger partial charge in [-0.15, -0.1) is 0 Å². The molecule has 0 N–H and O–H groups in total. The Balaban J connectivity index is 3.17. The van der Waals surface area contributed by atoms with Crippen molar-refractivity contribution in [3.63, 3.8) is 0 Å². The van der Waals surface area contributed by atoms with Crippen molar-refractivity contribution in [2.75, 3.05) is 32.6 Å². The molecule has 112 valence electrons. The van der Waals surface area contributed by atoms with E-state index in [1.54, 1.807) is 23.9 Å². The molecule has 5 nitrogen and oxygen atoms in total. The lowest BCUT2D eigenvalue weighted by Gasteiger charge is -2.25. The fourth-order valence-electron chi connectivity index (χ4n) is 1.60. The van der Waals surface area contributed by atoms with E-state index in [-0.39, 0.29) is 17.9 Å². The third kappa shape index (κ3) is 3.82. The van der Waals surface area contributed by atoms with Gasteiger partial charge in [0.25, 0.3) is 0 Å². The van der Waals surface area contributed by atoms with Crippen LogP contribution in [-0.2, 0) is 10.2 Å². The molecule has 0 aliphatic carbocycles. The van der Waals surface area contributed by atoms with Crippen LogP contribution in [0, 0.1) is 6.92 Å². The van der Waals surface area contributed by atoms with Crippen LogP contribution in [0.15, 0.2) is 0 Å². The first-order chi connectivity index (χ1) is 9.04. The van der Waals surface area contributed by atoms with Crippen molar-refractivity contribution in [2.45, 2.75) is 33.1 Å². The van der Waals surface area contributed by atoms with E-state index in [0.717, 1.165) is 5.56 Å². The van der Waals surface area contributed by atoms with Gasteiger partial charge in [0.15, 0.2) is 0 Å². The number of carbonyl (C=O) groups is 1. The first-order valence-corrected chi connectivity index (χ1v) is 6.87. The summed E-state index contributed by atoms with van der Waals surface area (Å²) < 4.78 is 0. The van der Waals surface area contributed by atoms with Crippen LogP contribution >= 0.6 is 11.6 Å². The van der Waals surface area contributed by atoms with E-state index in [2.05, 4.69) is 9.97 Å². The van der Waals surface area contributed by atoms with Gasteiger partial charge in [-0.25, -0.2) is 9.97 Å². The highest BCUT2D eigenvalue weighted by Crippen LogP contribution is 2.27. The first kappa shape index (κ1) is 16.7. The lowest BCUT2D eigenvalue weighted by Crippen LogP contribution is -2.35. The third-order valence-electron chi connectivity index (χ3n) is 2.96. The summed E-state index contributed by atoms with van der Waals surface area (Å²) in [5.74, 6) is 1.39. The Kier molecular flexibility index (Phi) is 4.97. The Morgan fingerprint density at radius 2 is 1.75 bits per heavy atom. The molecule has 0 radical (unpaired) electrons. The van der Waals surface area contributed by atoms with Crippen LogP contribution in [0.4, 0.5) is 5.82 Å². The van der Waals surface area contributed by atoms with E-state index in [4.69, 9.17) is 11.6 Å². The second kappa shape index (κ2) is 5.95. The van der Waals surface area contributed by atoms with Crippen LogP contribution < -0.4 is 4.90 Å². The number of hydrogen-bond donors (Lipinski definition) is 0. The Morgan fingerprint density at radius 3 is 2.20 bits per heavy atom. The molecule has 0 saturated heterocycles. The van der Waals surface area contributed by atoms with Gasteiger partial charge < -0.3 is 9.80 Å². The van der Waals surface area contributed by atoms with Gasteiger partial charge in [0.2, 0.25) is 5.91 Å². The molecule has 20 heavy (non-hydrogen) atoms. The van der Waals surface area contributed by atoms with E-state index < -0.39 is 0 Å². The van der Waals surface area contributed by atoms with E-state index >= 15 is 0 Å². The molecule has 0 aliphatic heterocycles. The number of likely N-dealkylation sites (N-methyl/N-ethyl adjacent to an activating group) is 2. The van der Waals surface area contributed by atoms with Gasteiger partial charge in [-0.2, -0.15) is 0 Å². The number of rotatable bonds is 3. The maximum Gasteiger partial charge on any atom is 0.241 e. The highest BCUT2D eigenvalue weighted by Gasteiger charge is 2.22. The Bertz CT molecular complexity index is 509. The number of aromatic nitrogens is 2. The summed E-state index contributed by atoms with van der Waals surface area (Å²) in [6.45, 7) is 8.21. The highest BCUT2D eigenvalue weighted by atomic mass is 35.5. The van der Waals surface area contributed by atoms with Gasteiger partial charge in [-0.1, -0.05) is 32.4 Å². The predicted octanol–water partition coefficient (Wildman–Crippen LogP) is 2.26. The van der Waals surface area contributed by atoms with Crippen molar-refractivity contribution in [3.05, 3.63) is 16.5 Å². The SMILES string of the molecule is Cc1c(Cl)nc(C(C)(C)C)nc1N(C)CC(=O)N(C)C. The van der Waals surface area contributed by atoms with Crippen molar-refractivity contribution in [1.29, 1.82) is 0 Å². The third-order valence-corrected chi connectivity index (χ3v) is 3.33. The smallest absolute Gasteiger partial charge is 0.241 e. The molecule has 6 heteroatoms. The maximum absolute atomic E-state index is 11.8. The zero-order valence-electron chi connectivity index (χ0n) is 13.3. The molecule has 0 bridgehead atoms. The van der Waals surface area contributed by atoms with Crippen LogP contribution in [0.2, 0.25) is 5.15 Å². The van der Waals surface area contributed by atoms with Gasteiger partial charge in [-0.3, -0.25) is 4.79 Å². The number of amides is 1. The normalized spacial score (nSPS) is 11.4. The molecule has 1 aromatic rings. The summed E-state index contributed by atoms with van der Waals surface area (Å²) in [6.07, 6.45) is 0. The minimum absolute atomic E-state index is 0.0129. The van der Waals surface area contributed by atoms with Gasteiger partial charge in [-0.05, 0) is 6.92 Å². The molecular formula is C14H23ClN4O. The molecule has 1 heterocycles. The number of carbonyl (C=O) groups excluding carboxylic acids is 1. The van der Waals surface area contributed by atoms with Crippen LogP contribution in [0.1, 0.15) is 32.2 Å². The number of hydrogen-bond acceptors (Lipinski definition) is 4. The highest BCUT2D eigenvalue weighted by molar-refractivity contribution is 6.30. The van der Waals surface area contributed by atoms with Crippen LogP contribution in [-0.4, -0.2) is 48.5 Å². The maximum atomic E-state index is 11.8. The summed E-state index contributed by atoms with van der Waals surface area (Å²) in [5.41, 5.74) is 0.590. The van der Waals surface area contributed by atoms with Crippen LogP contribution in [0.25, 0.3) is 0 Å². The predicted molar refractivity (Wildman–Crippen MR) is 82.4 cm³/mol. The van der Waals surface area contributed by atoms with Gasteiger partial charge in [0.1, 0.15) is 16.8 Å². The van der Waals surface area contributed by atoms with E-state index in [1.165, 1.54) is 0 Å². The Morgan fingerprint density at radius 1 is 1.20 bits per heavy atom. The number of nitrogens with zero attached hydrogens (tertiary/aromatic N) is 4. The van der Waals surface area contributed by atoms with Crippen molar-refractivity contribution in [2.24, 2.45) is 0 Å². The zero-order chi connectivity index (χ0) is 15.7. The summed E-state index contributed by atoms with van der Waals surface area (Å²) in [7, 11) is 5.30. The first-order valence-electron chi connectivity index (χ1n) is 6.50. The molecule has 0 aromatic carbocycles. The summed E-state index contributed by atoms with van der Waals surface area (Å²) >= 11 is 6.20. The lowest BCUT2D eigenvalue weighted by atomic mass is 9.95. The molecule has 1 rings (SSSR count). The molecule has 0 fully saturated rings. The largest absolute Gasteiger partial charge is 0.350 e. The molecule has 1 aromatic heterocycles. The Labute approximate surface area is 126 Å². The minimum Gasteiger partial charge on any atom is -0.350 e. The second-order valence-corrected chi connectivity index (χ2v) is 6.54. The minimum atomic E-state index is -0.196.